The Labute approximate surface area is 92.7 Å². The molecule has 0 saturated heterocycles. The predicted molar refractivity (Wildman–Crippen MR) is 66.9 cm³/mol. The molecule has 0 atom stereocenters. The summed E-state index contributed by atoms with van der Waals surface area (Å²) < 4.78 is 0. The summed E-state index contributed by atoms with van der Waals surface area (Å²) in [6.45, 7) is 4.61. The van der Waals surface area contributed by atoms with Gasteiger partial charge in [0.05, 0.1) is 0 Å². The highest BCUT2D eigenvalue weighted by atomic mass is 32.2. The van der Waals surface area contributed by atoms with Crippen molar-refractivity contribution < 1.29 is 0 Å². The van der Waals surface area contributed by atoms with Crippen molar-refractivity contribution in [3.05, 3.63) is 0 Å². The number of thioether (sulfide) groups is 1. The standard InChI is InChI=1S/C11H22S2/c1-11(2,8-12)9-13-7-10-5-3-4-6-10/h10,12H,3-9H2,1-2H3. The van der Waals surface area contributed by atoms with Crippen molar-refractivity contribution in [3.8, 4) is 0 Å². The van der Waals surface area contributed by atoms with E-state index in [0.717, 1.165) is 11.7 Å². The van der Waals surface area contributed by atoms with Gasteiger partial charge in [0.25, 0.3) is 0 Å². The van der Waals surface area contributed by atoms with Crippen LogP contribution in [0.3, 0.4) is 0 Å². The molecule has 0 heterocycles. The molecule has 0 aromatic carbocycles. The molecule has 2 heteroatoms. The zero-order valence-corrected chi connectivity index (χ0v) is 10.6. The van der Waals surface area contributed by atoms with Crippen LogP contribution in [-0.2, 0) is 0 Å². The molecule has 0 aromatic heterocycles. The Morgan fingerprint density at radius 2 is 1.92 bits per heavy atom. The Morgan fingerprint density at radius 1 is 1.31 bits per heavy atom. The number of rotatable bonds is 5. The molecule has 0 aliphatic heterocycles. The lowest BCUT2D eigenvalue weighted by molar-refractivity contribution is 0.492. The third-order valence-corrected chi connectivity index (χ3v) is 5.30. The van der Waals surface area contributed by atoms with E-state index < -0.39 is 0 Å². The van der Waals surface area contributed by atoms with Crippen LogP contribution in [-0.4, -0.2) is 17.3 Å². The van der Waals surface area contributed by atoms with E-state index in [-0.39, 0.29) is 0 Å². The molecule has 1 saturated carbocycles. The molecule has 1 aliphatic rings. The summed E-state index contributed by atoms with van der Waals surface area (Å²) in [7, 11) is 0. The average molecular weight is 218 g/mol. The van der Waals surface area contributed by atoms with Crippen molar-refractivity contribution >= 4 is 24.4 Å². The summed E-state index contributed by atoms with van der Waals surface area (Å²) in [6.07, 6.45) is 5.91. The molecule has 0 unspecified atom stereocenters. The van der Waals surface area contributed by atoms with E-state index in [1.807, 2.05) is 0 Å². The molecule has 78 valence electrons. The molecule has 0 spiro atoms. The van der Waals surface area contributed by atoms with E-state index in [0.29, 0.717) is 5.41 Å². The second-order valence-electron chi connectivity index (χ2n) is 4.99. The zero-order valence-electron chi connectivity index (χ0n) is 8.88. The van der Waals surface area contributed by atoms with E-state index in [1.165, 1.54) is 37.2 Å². The third kappa shape index (κ3) is 4.64. The first-order valence-corrected chi connectivity index (χ1v) is 7.11. The van der Waals surface area contributed by atoms with Gasteiger partial charge in [-0.2, -0.15) is 24.4 Å². The molecule has 0 aromatic rings. The smallest absolute Gasteiger partial charge is 0.000819 e. The predicted octanol–water partition coefficient (Wildman–Crippen LogP) is 3.87. The summed E-state index contributed by atoms with van der Waals surface area (Å²) in [5.41, 5.74) is 0.423. The number of hydrogen-bond donors (Lipinski definition) is 1. The molecule has 1 aliphatic carbocycles. The first-order valence-electron chi connectivity index (χ1n) is 5.33. The largest absolute Gasteiger partial charge is 0.179 e. The van der Waals surface area contributed by atoms with Crippen LogP contribution < -0.4 is 0 Å². The minimum atomic E-state index is 0.423. The molecule has 13 heavy (non-hydrogen) atoms. The van der Waals surface area contributed by atoms with E-state index in [9.17, 15) is 0 Å². The fraction of sp³-hybridized carbons (Fsp3) is 1.00. The maximum Gasteiger partial charge on any atom is -0.000819 e. The van der Waals surface area contributed by atoms with Crippen LogP contribution in [0.15, 0.2) is 0 Å². The van der Waals surface area contributed by atoms with Crippen LogP contribution >= 0.6 is 24.4 Å². The van der Waals surface area contributed by atoms with Crippen LogP contribution in [0.25, 0.3) is 0 Å². The lowest BCUT2D eigenvalue weighted by atomic mass is 10.0. The maximum absolute atomic E-state index is 4.37. The summed E-state index contributed by atoms with van der Waals surface area (Å²) in [5.74, 6) is 4.69. The highest BCUT2D eigenvalue weighted by Crippen LogP contribution is 2.30. The van der Waals surface area contributed by atoms with Crippen LogP contribution in [0.5, 0.6) is 0 Å². The van der Waals surface area contributed by atoms with Gasteiger partial charge in [0.15, 0.2) is 0 Å². The molecule has 0 bridgehead atoms. The van der Waals surface area contributed by atoms with E-state index in [2.05, 4.69) is 38.2 Å². The molecule has 1 rings (SSSR count). The molecular formula is C11H22S2. The van der Waals surface area contributed by atoms with Crippen molar-refractivity contribution in [3.63, 3.8) is 0 Å². The molecule has 0 nitrogen and oxygen atoms in total. The van der Waals surface area contributed by atoms with Crippen LogP contribution in [0.4, 0.5) is 0 Å². The SMILES string of the molecule is CC(C)(CS)CSCC1CCCC1. The lowest BCUT2D eigenvalue weighted by Crippen LogP contribution is -2.17. The first kappa shape index (κ1) is 11.8. The van der Waals surface area contributed by atoms with Gasteiger partial charge in [0.1, 0.15) is 0 Å². The van der Waals surface area contributed by atoms with Gasteiger partial charge in [-0.1, -0.05) is 26.7 Å². The van der Waals surface area contributed by atoms with Crippen molar-refractivity contribution in [2.45, 2.75) is 39.5 Å². The van der Waals surface area contributed by atoms with Gasteiger partial charge in [0, 0.05) is 0 Å². The molecule has 0 amide bonds. The van der Waals surface area contributed by atoms with Crippen LogP contribution in [0.1, 0.15) is 39.5 Å². The Bertz CT molecular complexity index is 137. The average Bonchev–Trinajstić information content (AvgIpc) is 2.57. The van der Waals surface area contributed by atoms with Crippen LogP contribution in [0, 0.1) is 11.3 Å². The summed E-state index contributed by atoms with van der Waals surface area (Å²) in [6, 6.07) is 0. The molecule has 0 radical (unpaired) electrons. The Balaban J connectivity index is 2.06. The first-order chi connectivity index (χ1) is 6.14. The fourth-order valence-corrected chi connectivity index (χ4v) is 3.43. The molecule has 1 fully saturated rings. The summed E-state index contributed by atoms with van der Waals surface area (Å²) >= 11 is 6.50. The van der Waals surface area contributed by atoms with E-state index in [4.69, 9.17) is 0 Å². The topological polar surface area (TPSA) is 0 Å². The molecular weight excluding hydrogens is 196 g/mol. The van der Waals surface area contributed by atoms with Gasteiger partial charge in [0.2, 0.25) is 0 Å². The Morgan fingerprint density at radius 3 is 2.46 bits per heavy atom. The lowest BCUT2D eigenvalue weighted by Gasteiger charge is -2.22. The highest BCUT2D eigenvalue weighted by Gasteiger charge is 2.18. The van der Waals surface area contributed by atoms with Crippen molar-refractivity contribution in [2.24, 2.45) is 11.3 Å². The van der Waals surface area contributed by atoms with E-state index in [1.54, 1.807) is 0 Å². The minimum absolute atomic E-state index is 0.423. The van der Waals surface area contributed by atoms with Gasteiger partial charge in [-0.25, -0.2) is 0 Å². The third-order valence-electron chi connectivity index (χ3n) is 2.75. The van der Waals surface area contributed by atoms with Gasteiger partial charge in [-0.3, -0.25) is 0 Å². The summed E-state index contributed by atoms with van der Waals surface area (Å²) in [5, 5.41) is 0. The van der Waals surface area contributed by atoms with Crippen molar-refractivity contribution in [1.29, 1.82) is 0 Å². The van der Waals surface area contributed by atoms with Gasteiger partial charge < -0.3 is 0 Å². The minimum Gasteiger partial charge on any atom is -0.179 e. The second kappa shape index (κ2) is 5.55. The number of hydrogen-bond acceptors (Lipinski definition) is 2. The fourth-order valence-electron chi connectivity index (χ4n) is 1.72. The zero-order chi connectivity index (χ0) is 9.73. The van der Waals surface area contributed by atoms with Crippen LogP contribution in [0.2, 0.25) is 0 Å². The number of thiol groups is 1. The van der Waals surface area contributed by atoms with Gasteiger partial charge >= 0.3 is 0 Å². The monoisotopic (exact) mass is 218 g/mol. The summed E-state index contributed by atoms with van der Waals surface area (Å²) in [4.78, 5) is 0. The van der Waals surface area contributed by atoms with Crippen molar-refractivity contribution in [1.82, 2.24) is 0 Å². The van der Waals surface area contributed by atoms with E-state index >= 15 is 0 Å². The Hall–Kier alpha value is 0.700. The Kier molecular flexibility index (Phi) is 5.03. The van der Waals surface area contributed by atoms with Crippen molar-refractivity contribution in [2.75, 3.05) is 17.3 Å². The quantitative estimate of drug-likeness (QED) is 0.684. The molecule has 0 N–H and O–H groups in total. The van der Waals surface area contributed by atoms with Gasteiger partial charge in [-0.05, 0) is 41.4 Å². The highest BCUT2D eigenvalue weighted by molar-refractivity contribution is 7.99. The maximum atomic E-state index is 4.37. The normalized spacial score (nSPS) is 19.6. The second-order valence-corrected chi connectivity index (χ2v) is 6.33. The van der Waals surface area contributed by atoms with Gasteiger partial charge in [-0.15, -0.1) is 0 Å².